The van der Waals surface area contributed by atoms with Gasteiger partial charge in [0.1, 0.15) is 11.3 Å². The smallest absolute Gasteiger partial charge is 0.305 e. The molecule has 0 unspecified atom stereocenters. The van der Waals surface area contributed by atoms with Crippen LogP contribution in [0.2, 0.25) is 0 Å². The van der Waals surface area contributed by atoms with Crippen LogP contribution in [0.15, 0.2) is 29.1 Å². The number of aromatic hydroxyl groups is 1. The molecule has 24 heavy (non-hydrogen) atoms. The third kappa shape index (κ3) is 3.56. The molecule has 0 atom stereocenters. The summed E-state index contributed by atoms with van der Waals surface area (Å²) in [7, 11) is 0. The Kier molecular flexibility index (Phi) is 5.57. The highest BCUT2D eigenvalue weighted by molar-refractivity contribution is 6.02. The maximum absolute atomic E-state index is 12.6. The van der Waals surface area contributed by atoms with Crippen molar-refractivity contribution in [1.29, 1.82) is 0 Å². The fourth-order valence-electron chi connectivity index (χ4n) is 2.49. The van der Waals surface area contributed by atoms with Crippen molar-refractivity contribution in [2.24, 2.45) is 0 Å². The summed E-state index contributed by atoms with van der Waals surface area (Å²) in [5, 5.41) is 22.2. The van der Waals surface area contributed by atoms with Crippen molar-refractivity contribution in [3.05, 3.63) is 40.2 Å². The summed E-state index contributed by atoms with van der Waals surface area (Å²) in [6.45, 7) is 2.29. The Morgan fingerprint density at radius 1 is 1.25 bits per heavy atom. The number of fused-ring (bicyclic) bond motifs is 1. The van der Waals surface area contributed by atoms with E-state index in [0.717, 1.165) is 12.8 Å². The minimum Gasteiger partial charge on any atom is -0.506 e. The lowest BCUT2D eigenvalue weighted by Gasteiger charge is -2.14. The van der Waals surface area contributed by atoms with Crippen molar-refractivity contribution in [2.45, 2.75) is 32.7 Å². The van der Waals surface area contributed by atoms with E-state index in [0.29, 0.717) is 17.4 Å². The highest BCUT2D eigenvalue weighted by atomic mass is 16.4. The van der Waals surface area contributed by atoms with Crippen LogP contribution >= 0.6 is 0 Å². The van der Waals surface area contributed by atoms with Crippen molar-refractivity contribution < 1.29 is 19.8 Å². The lowest BCUT2D eigenvalue weighted by Crippen LogP contribution is -2.34. The van der Waals surface area contributed by atoms with Crippen LogP contribution in [-0.2, 0) is 11.3 Å². The number of carbonyl (C=O) groups excluding carboxylic acids is 1. The molecule has 1 aromatic carbocycles. The number of benzene rings is 1. The van der Waals surface area contributed by atoms with E-state index in [1.165, 1.54) is 4.57 Å². The van der Waals surface area contributed by atoms with Gasteiger partial charge in [0, 0.05) is 18.5 Å². The van der Waals surface area contributed by atoms with E-state index >= 15 is 0 Å². The number of nitrogens with one attached hydrogen (secondary N) is 1. The van der Waals surface area contributed by atoms with Gasteiger partial charge in [-0.25, -0.2) is 0 Å². The third-order valence-corrected chi connectivity index (χ3v) is 3.74. The van der Waals surface area contributed by atoms with E-state index in [-0.39, 0.29) is 24.3 Å². The maximum atomic E-state index is 12.6. The van der Waals surface area contributed by atoms with Crippen LogP contribution in [0.5, 0.6) is 5.75 Å². The summed E-state index contributed by atoms with van der Waals surface area (Å²) in [6, 6.07) is 6.55. The highest BCUT2D eigenvalue weighted by Gasteiger charge is 2.22. The molecule has 0 aliphatic rings. The van der Waals surface area contributed by atoms with Crippen LogP contribution in [0.25, 0.3) is 10.9 Å². The van der Waals surface area contributed by atoms with E-state index in [9.17, 15) is 19.5 Å². The van der Waals surface area contributed by atoms with Gasteiger partial charge in [-0.2, -0.15) is 0 Å². The first-order valence-electron chi connectivity index (χ1n) is 7.81. The van der Waals surface area contributed by atoms with Gasteiger partial charge in [0.15, 0.2) is 0 Å². The zero-order chi connectivity index (χ0) is 17.7. The molecular weight excluding hydrogens is 312 g/mol. The average Bonchev–Trinajstić information content (AvgIpc) is 2.55. The molecule has 0 saturated carbocycles. The first-order valence-corrected chi connectivity index (χ1v) is 7.81. The summed E-state index contributed by atoms with van der Waals surface area (Å²) in [5.41, 5.74) is -0.650. The molecule has 1 heterocycles. The number of aliphatic carboxylic acids is 1. The van der Waals surface area contributed by atoms with Crippen LogP contribution in [0.3, 0.4) is 0 Å². The minimum absolute atomic E-state index is 0.0792. The van der Waals surface area contributed by atoms with E-state index in [2.05, 4.69) is 5.32 Å². The Hall–Kier alpha value is -2.83. The number of carboxylic acids is 1. The molecule has 0 spiro atoms. The van der Waals surface area contributed by atoms with Gasteiger partial charge < -0.3 is 20.1 Å². The first kappa shape index (κ1) is 17.5. The molecule has 0 fully saturated rings. The van der Waals surface area contributed by atoms with Crippen molar-refractivity contribution in [1.82, 2.24) is 9.88 Å². The molecule has 0 bridgehead atoms. The number of unbranched alkanes of at least 4 members (excludes halogenated alkanes) is 1. The summed E-state index contributed by atoms with van der Waals surface area (Å²) in [5.74, 6) is -2.08. The second-order valence-electron chi connectivity index (χ2n) is 5.45. The monoisotopic (exact) mass is 332 g/mol. The van der Waals surface area contributed by atoms with E-state index in [4.69, 9.17) is 5.11 Å². The number of pyridine rings is 1. The quantitative estimate of drug-likeness (QED) is 0.669. The van der Waals surface area contributed by atoms with Gasteiger partial charge in [-0.3, -0.25) is 14.4 Å². The lowest BCUT2D eigenvalue weighted by molar-refractivity contribution is -0.137. The van der Waals surface area contributed by atoms with E-state index < -0.39 is 17.4 Å². The molecule has 0 aliphatic carbocycles. The standard InChI is InChI=1S/C17H20N2O5/c1-2-3-9-18-16(23)14-15(22)11-6-4-5-7-12(11)19(17(14)24)10-8-13(20)21/h4-7,22H,2-3,8-10H2,1H3,(H,18,23)(H,20,21). The predicted octanol–water partition coefficient (Wildman–Crippen LogP) is 1.71. The number of carboxylic acid groups (broad SMARTS) is 1. The van der Waals surface area contributed by atoms with E-state index in [1.54, 1.807) is 24.3 Å². The lowest BCUT2D eigenvalue weighted by atomic mass is 10.1. The first-order chi connectivity index (χ1) is 11.5. The molecular formula is C17H20N2O5. The molecule has 7 nitrogen and oxygen atoms in total. The number of hydrogen-bond donors (Lipinski definition) is 3. The van der Waals surface area contributed by atoms with Gasteiger partial charge in [0.25, 0.3) is 11.5 Å². The van der Waals surface area contributed by atoms with Crippen molar-refractivity contribution in [2.75, 3.05) is 6.54 Å². The zero-order valence-corrected chi connectivity index (χ0v) is 13.4. The minimum atomic E-state index is -1.05. The van der Waals surface area contributed by atoms with Crippen LogP contribution < -0.4 is 10.9 Å². The number of aryl methyl sites for hydroxylation is 1. The van der Waals surface area contributed by atoms with Crippen LogP contribution in [0.4, 0.5) is 0 Å². The fraction of sp³-hybridized carbons (Fsp3) is 0.353. The number of aromatic nitrogens is 1. The molecule has 128 valence electrons. The number of carbonyl (C=O) groups is 2. The predicted molar refractivity (Wildman–Crippen MR) is 89.4 cm³/mol. The van der Waals surface area contributed by atoms with Crippen LogP contribution in [0.1, 0.15) is 36.5 Å². The zero-order valence-electron chi connectivity index (χ0n) is 13.4. The van der Waals surface area contributed by atoms with Gasteiger partial charge in [-0.15, -0.1) is 0 Å². The summed E-state index contributed by atoms with van der Waals surface area (Å²) in [4.78, 5) is 35.8. The molecule has 1 aromatic heterocycles. The molecule has 2 aromatic rings. The van der Waals surface area contributed by atoms with Crippen molar-refractivity contribution in [3.8, 4) is 5.75 Å². The third-order valence-electron chi connectivity index (χ3n) is 3.74. The Bertz CT molecular complexity index is 826. The summed E-state index contributed by atoms with van der Waals surface area (Å²) in [6.07, 6.45) is 1.38. The SMILES string of the molecule is CCCCNC(=O)c1c(O)c2ccccc2n(CCC(=O)O)c1=O. The van der Waals surface area contributed by atoms with Gasteiger partial charge in [0.2, 0.25) is 0 Å². The Morgan fingerprint density at radius 3 is 2.62 bits per heavy atom. The van der Waals surface area contributed by atoms with Gasteiger partial charge in [-0.05, 0) is 18.6 Å². The average molecular weight is 332 g/mol. The number of hydrogen-bond acceptors (Lipinski definition) is 4. The highest BCUT2D eigenvalue weighted by Crippen LogP contribution is 2.26. The van der Waals surface area contributed by atoms with Crippen molar-refractivity contribution in [3.63, 3.8) is 0 Å². The molecule has 1 amide bonds. The number of rotatable bonds is 7. The van der Waals surface area contributed by atoms with Gasteiger partial charge in [0.05, 0.1) is 11.9 Å². The molecule has 0 aliphatic heterocycles. The topological polar surface area (TPSA) is 109 Å². The number of amides is 1. The second kappa shape index (κ2) is 7.63. The van der Waals surface area contributed by atoms with Crippen LogP contribution in [-0.4, -0.2) is 33.2 Å². The maximum Gasteiger partial charge on any atom is 0.305 e. The van der Waals surface area contributed by atoms with Crippen LogP contribution in [0, 0.1) is 0 Å². The molecule has 7 heteroatoms. The Labute approximate surface area is 138 Å². The molecule has 3 N–H and O–H groups in total. The number of para-hydroxylation sites is 1. The Morgan fingerprint density at radius 2 is 1.96 bits per heavy atom. The Balaban J connectivity index is 2.56. The summed E-state index contributed by atoms with van der Waals surface area (Å²) >= 11 is 0. The molecule has 0 radical (unpaired) electrons. The van der Waals surface area contributed by atoms with Gasteiger partial charge >= 0.3 is 5.97 Å². The van der Waals surface area contributed by atoms with Crippen molar-refractivity contribution >= 4 is 22.8 Å². The van der Waals surface area contributed by atoms with E-state index in [1.807, 2.05) is 6.92 Å². The second-order valence-corrected chi connectivity index (χ2v) is 5.45. The molecule has 0 saturated heterocycles. The fourth-order valence-corrected chi connectivity index (χ4v) is 2.49. The van der Waals surface area contributed by atoms with Gasteiger partial charge in [-0.1, -0.05) is 25.5 Å². The molecule has 2 rings (SSSR count). The normalized spacial score (nSPS) is 10.7. The number of nitrogens with zero attached hydrogens (tertiary/aromatic N) is 1. The largest absolute Gasteiger partial charge is 0.506 e. The summed E-state index contributed by atoms with van der Waals surface area (Å²) < 4.78 is 1.22.